The van der Waals surface area contributed by atoms with Crippen LogP contribution in [0.4, 0.5) is 0 Å². The van der Waals surface area contributed by atoms with E-state index in [2.05, 4.69) is 0 Å². The summed E-state index contributed by atoms with van der Waals surface area (Å²) in [5.74, 6) is -1.36. The third kappa shape index (κ3) is 2.04. The molecule has 1 aromatic rings. The van der Waals surface area contributed by atoms with Gasteiger partial charge in [0.25, 0.3) is 11.8 Å². The van der Waals surface area contributed by atoms with Crippen LogP contribution in [0.1, 0.15) is 20.7 Å². The number of fused-ring (bicyclic) bond motifs is 1. The molecule has 118 valence electrons. The smallest absolute Gasteiger partial charge is 0.262 e. The minimum atomic E-state index is -1.71. The van der Waals surface area contributed by atoms with E-state index in [0.717, 1.165) is 0 Å². The number of hydrogen-bond acceptors (Lipinski definition) is 7. The van der Waals surface area contributed by atoms with Crippen molar-refractivity contribution in [2.24, 2.45) is 0 Å². The maximum absolute atomic E-state index is 12.4. The summed E-state index contributed by atoms with van der Waals surface area (Å²) >= 11 is 0. The lowest BCUT2D eigenvalue weighted by molar-refractivity contribution is -0.263. The minimum Gasteiger partial charge on any atom is -0.394 e. The highest BCUT2D eigenvalue weighted by atomic mass is 16.6. The average Bonchev–Trinajstić information content (AvgIpc) is 2.77. The molecule has 1 unspecified atom stereocenters. The normalized spacial score (nSPS) is 34.9. The largest absolute Gasteiger partial charge is 0.394 e. The molecule has 22 heavy (non-hydrogen) atoms. The zero-order chi connectivity index (χ0) is 16.0. The van der Waals surface area contributed by atoms with Gasteiger partial charge in [-0.3, -0.25) is 14.5 Å². The Hall–Kier alpha value is -1.84. The number of nitrogens with zero attached hydrogens (tertiary/aromatic N) is 1. The minimum absolute atomic E-state index is 0.158. The fourth-order valence-electron chi connectivity index (χ4n) is 2.84. The highest BCUT2D eigenvalue weighted by molar-refractivity contribution is 6.21. The summed E-state index contributed by atoms with van der Waals surface area (Å²) in [5, 5.41) is 39.0. The lowest BCUT2D eigenvalue weighted by Gasteiger charge is -2.42. The van der Waals surface area contributed by atoms with E-state index in [1.807, 2.05) is 0 Å². The molecule has 8 heteroatoms. The molecule has 0 aliphatic carbocycles. The number of hydrogen-bond donors (Lipinski definition) is 4. The molecule has 0 spiro atoms. The van der Waals surface area contributed by atoms with Gasteiger partial charge in [0.2, 0.25) is 0 Å². The van der Waals surface area contributed by atoms with Gasteiger partial charge in [0.15, 0.2) is 6.29 Å². The number of ether oxygens (including phenoxy) is 1. The molecule has 2 amide bonds. The second-order valence-corrected chi connectivity index (χ2v) is 5.25. The van der Waals surface area contributed by atoms with Crippen molar-refractivity contribution >= 4 is 11.8 Å². The zero-order valence-corrected chi connectivity index (χ0v) is 11.4. The van der Waals surface area contributed by atoms with E-state index in [1.54, 1.807) is 12.1 Å². The monoisotopic (exact) mass is 309 g/mol. The summed E-state index contributed by atoms with van der Waals surface area (Å²) in [7, 11) is 0. The summed E-state index contributed by atoms with van der Waals surface area (Å²) in [5.41, 5.74) is 0.316. The van der Waals surface area contributed by atoms with E-state index in [0.29, 0.717) is 4.90 Å². The first kappa shape index (κ1) is 15.1. The standard InChI is InChI=1S/C14H15NO7/c16-5-8-10(17)11(18)9(14(21)22-8)15-12(19)6-3-1-2-4-7(6)13(15)20/h1-4,8-11,14,16-18,21H,5H2/t8-,9-,10+,11-,14?/m1/s1. The highest BCUT2D eigenvalue weighted by Gasteiger charge is 2.52. The average molecular weight is 309 g/mol. The fourth-order valence-corrected chi connectivity index (χ4v) is 2.84. The van der Waals surface area contributed by atoms with E-state index >= 15 is 0 Å². The molecule has 0 bridgehead atoms. The number of benzene rings is 1. The van der Waals surface area contributed by atoms with Crippen LogP contribution in [0.25, 0.3) is 0 Å². The SMILES string of the molecule is O=C1c2ccccc2C(=O)N1[C@H]1C(O)O[C@H](CO)[C@H](O)[C@@H]1O. The van der Waals surface area contributed by atoms with Gasteiger partial charge in [0.05, 0.1) is 17.7 Å². The maximum atomic E-state index is 12.4. The number of amides is 2. The molecule has 2 aliphatic heterocycles. The molecule has 2 heterocycles. The quantitative estimate of drug-likeness (QED) is 0.469. The second kappa shape index (κ2) is 5.41. The van der Waals surface area contributed by atoms with E-state index in [-0.39, 0.29) is 11.1 Å². The van der Waals surface area contributed by atoms with Crippen LogP contribution < -0.4 is 0 Å². The van der Waals surface area contributed by atoms with Gasteiger partial charge in [-0.25, -0.2) is 0 Å². The summed E-state index contributed by atoms with van der Waals surface area (Å²) in [6.07, 6.45) is -6.08. The van der Waals surface area contributed by atoms with Crippen molar-refractivity contribution in [2.75, 3.05) is 6.61 Å². The van der Waals surface area contributed by atoms with Gasteiger partial charge >= 0.3 is 0 Å². The van der Waals surface area contributed by atoms with Crippen LogP contribution in [-0.2, 0) is 4.74 Å². The summed E-state index contributed by atoms with van der Waals surface area (Å²) < 4.78 is 4.99. The van der Waals surface area contributed by atoms with Gasteiger partial charge in [0, 0.05) is 0 Å². The third-order valence-corrected chi connectivity index (χ3v) is 3.99. The molecule has 8 nitrogen and oxygen atoms in total. The molecule has 1 aromatic carbocycles. The first-order valence-electron chi connectivity index (χ1n) is 6.74. The maximum Gasteiger partial charge on any atom is 0.262 e. The van der Waals surface area contributed by atoms with Gasteiger partial charge in [0.1, 0.15) is 24.4 Å². The lowest BCUT2D eigenvalue weighted by Crippen LogP contribution is -2.65. The highest BCUT2D eigenvalue weighted by Crippen LogP contribution is 2.31. The zero-order valence-electron chi connectivity index (χ0n) is 11.4. The van der Waals surface area contributed by atoms with Crippen molar-refractivity contribution in [1.29, 1.82) is 0 Å². The lowest BCUT2D eigenvalue weighted by atomic mass is 9.96. The number of aliphatic hydroxyl groups excluding tert-OH is 4. The van der Waals surface area contributed by atoms with E-state index in [4.69, 9.17) is 9.84 Å². The van der Waals surface area contributed by atoms with Crippen molar-refractivity contribution in [3.05, 3.63) is 35.4 Å². The topological polar surface area (TPSA) is 128 Å². The predicted molar refractivity (Wildman–Crippen MR) is 70.7 cm³/mol. The van der Waals surface area contributed by atoms with Gasteiger partial charge in [-0.2, -0.15) is 0 Å². The number of carbonyl (C=O) groups excluding carboxylic acids is 2. The van der Waals surface area contributed by atoms with E-state index in [9.17, 15) is 24.9 Å². The second-order valence-electron chi connectivity index (χ2n) is 5.25. The summed E-state index contributed by atoms with van der Waals surface area (Å²) in [6.45, 7) is -0.621. The van der Waals surface area contributed by atoms with Crippen molar-refractivity contribution in [3.63, 3.8) is 0 Å². The van der Waals surface area contributed by atoms with E-state index in [1.165, 1.54) is 12.1 Å². The van der Waals surface area contributed by atoms with Crippen LogP contribution in [0.15, 0.2) is 24.3 Å². The van der Waals surface area contributed by atoms with Gasteiger partial charge < -0.3 is 25.2 Å². The van der Waals surface area contributed by atoms with Crippen LogP contribution in [-0.4, -0.2) is 74.4 Å². The predicted octanol–water partition coefficient (Wildman–Crippen LogP) is -1.92. The molecule has 0 aromatic heterocycles. The van der Waals surface area contributed by atoms with Crippen molar-refractivity contribution in [2.45, 2.75) is 30.6 Å². The Balaban J connectivity index is 1.95. The Morgan fingerprint density at radius 3 is 2.05 bits per heavy atom. The molecule has 3 rings (SSSR count). The van der Waals surface area contributed by atoms with Crippen LogP contribution in [0.2, 0.25) is 0 Å². The number of carbonyl (C=O) groups is 2. The Kier molecular flexibility index (Phi) is 3.71. The first-order valence-corrected chi connectivity index (χ1v) is 6.74. The number of rotatable bonds is 2. The number of imide groups is 1. The molecule has 5 atom stereocenters. The third-order valence-electron chi connectivity index (χ3n) is 3.99. The van der Waals surface area contributed by atoms with Crippen molar-refractivity contribution in [3.8, 4) is 0 Å². The van der Waals surface area contributed by atoms with Crippen LogP contribution in [0.3, 0.4) is 0 Å². The molecule has 1 fully saturated rings. The molecule has 0 saturated carbocycles. The molecule has 1 saturated heterocycles. The molecular weight excluding hydrogens is 294 g/mol. The Morgan fingerprint density at radius 1 is 1.00 bits per heavy atom. The Bertz CT molecular complexity index is 584. The molecular formula is C14H15NO7. The van der Waals surface area contributed by atoms with Crippen molar-refractivity contribution < 1.29 is 34.8 Å². The molecule has 4 N–H and O–H groups in total. The van der Waals surface area contributed by atoms with E-state index < -0.39 is 49.1 Å². The summed E-state index contributed by atoms with van der Waals surface area (Å²) in [4.78, 5) is 25.4. The summed E-state index contributed by atoms with van der Waals surface area (Å²) in [6, 6.07) is 4.66. The van der Waals surface area contributed by atoms with Crippen LogP contribution >= 0.6 is 0 Å². The van der Waals surface area contributed by atoms with Crippen LogP contribution in [0, 0.1) is 0 Å². The van der Waals surface area contributed by atoms with Gasteiger partial charge in [-0.1, -0.05) is 12.1 Å². The molecule has 2 aliphatic rings. The van der Waals surface area contributed by atoms with Gasteiger partial charge in [-0.05, 0) is 12.1 Å². The first-order chi connectivity index (χ1) is 10.5. The Labute approximate surface area is 125 Å². The fraction of sp³-hybridized carbons (Fsp3) is 0.429. The number of aliphatic hydroxyl groups is 4. The Morgan fingerprint density at radius 2 is 1.55 bits per heavy atom. The van der Waals surface area contributed by atoms with Crippen molar-refractivity contribution in [1.82, 2.24) is 4.90 Å². The van der Waals surface area contributed by atoms with Gasteiger partial charge in [-0.15, -0.1) is 0 Å². The molecule has 0 radical (unpaired) electrons. The van der Waals surface area contributed by atoms with Crippen LogP contribution in [0.5, 0.6) is 0 Å².